The summed E-state index contributed by atoms with van der Waals surface area (Å²) in [5.74, 6) is 0.975. The van der Waals surface area contributed by atoms with Gasteiger partial charge in [0.25, 0.3) is 0 Å². The van der Waals surface area contributed by atoms with Crippen LogP contribution in [0.25, 0.3) is 0 Å². The van der Waals surface area contributed by atoms with E-state index in [1.54, 1.807) is 11.3 Å². The second-order valence-electron chi connectivity index (χ2n) is 5.43. The minimum Gasteiger partial charge on any atom is -0.491 e. The first-order valence-electron chi connectivity index (χ1n) is 7.34. The van der Waals surface area contributed by atoms with Crippen molar-refractivity contribution in [2.75, 3.05) is 33.4 Å². The lowest BCUT2D eigenvalue weighted by atomic mass is 10.1. The van der Waals surface area contributed by atoms with Gasteiger partial charge in [0.1, 0.15) is 18.5 Å². The van der Waals surface area contributed by atoms with Gasteiger partial charge in [0, 0.05) is 24.4 Å². The zero-order chi connectivity index (χ0) is 14.5. The first kappa shape index (κ1) is 14.6. The third-order valence-corrected chi connectivity index (χ3v) is 4.56. The number of para-hydroxylation sites is 1. The topological polar surface area (TPSA) is 21.7 Å². The Morgan fingerprint density at radius 3 is 3.00 bits per heavy atom. The Labute approximate surface area is 130 Å². The zero-order valence-corrected chi connectivity index (χ0v) is 13.1. The van der Waals surface area contributed by atoms with Crippen molar-refractivity contribution in [3.05, 3.63) is 52.2 Å². The molecular weight excluding hydrogens is 282 g/mol. The lowest BCUT2D eigenvalue weighted by Gasteiger charge is -2.30. The van der Waals surface area contributed by atoms with Crippen LogP contribution in [0.3, 0.4) is 0 Å². The van der Waals surface area contributed by atoms with Crippen LogP contribution in [0.15, 0.2) is 41.8 Å². The summed E-state index contributed by atoms with van der Waals surface area (Å²) in [5, 5.41) is 2.12. The third-order valence-electron chi connectivity index (χ3n) is 3.68. The van der Waals surface area contributed by atoms with Gasteiger partial charge in [0.2, 0.25) is 0 Å². The van der Waals surface area contributed by atoms with E-state index in [0.29, 0.717) is 6.61 Å². The molecular formula is C17H21NO2S. The van der Waals surface area contributed by atoms with Crippen molar-refractivity contribution in [3.8, 4) is 5.75 Å². The smallest absolute Gasteiger partial charge is 0.122 e. The molecule has 2 heterocycles. The first-order chi connectivity index (χ1) is 10.3. The van der Waals surface area contributed by atoms with Gasteiger partial charge in [-0.1, -0.05) is 24.3 Å². The van der Waals surface area contributed by atoms with E-state index in [9.17, 15) is 0 Å². The number of hydrogen-bond donors (Lipinski definition) is 0. The van der Waals surface area contributed by atoms with E-state index in [1.807, 2.05) is 6.07 Å². The predicted molar refractivity (Wildman–Crippen MR) is 86.3 cm³/mol. The lowest BCUT2D eigenvalue weighted by molar-refractivity contribution is -0.0404. The van der Waals surface area contributed by atoms with Gasteiger partial charge in [-0.15, -0.1) is 11.3 Å². The molecule has 1 atom stereocenters. The molecule has 21 heavy (non-hydrogen) atoms. The van der Waals surface area contributed by atoms with Crippen molar-refractivity contribution in [1.82, 2.24) is 4.90 Å². The number of hydrogen-bond acceptors (Lipinski definition) is 4. The highest BCUT2D eigenvalue weighted by Gasteiger charge is 2.18. The van der Waals surface area contributed by atoms with E-state index >= 15 is 0 Å². The molecule has 0 radical (unpaired) electrons. The Hall–Kier alpha value is -1.36. The second-order valence-corrected chi connectivity index (χ2v) is 6.46. The minimum absolute atomic E-state index is 0.165. The summed E-state index contributed by atoms with van der Waals surface area (Å²) < 4.78 is 11.8. The molecule has 112 valence electrons. The summed E-state index contributed by atoms with van der Waals surface area (Å²) in [6, 6.07) is 12.6. The molecule has 0 amide bonds. The van der Waals surface area contributed by atoms with E-state index in [2.05, 4.69) is 47.7 Å². The second kappa shape index (κ2) is 7.07. The van der Waals surface area contributed by atoms with E-state index in [0.717, 1.165) is 31.9 Å². The highest BCUT2D eigenvalue weighted by Crippen LogP contribution is 2.24. The molecule has 0 saturated carbocycles. The summed E-state index contributed by atoms with van der Waals surface area (Å²) in [6.45, 7) is 3.35. The normalized spacial score (nSPS) is 19.6. The van der Waals surface area contributed by atoms with Crippen LogP contribution >= 0.6 is 11.3 Å². The van der Waals surface area contributed by atoms with Gasteiger partial charge in [-0.3, -0.25) is 0 Å². The van der Waals surface area contributed by atoms with Crippen LogP contribution in [-0.4, -0.2) is 44.4 Å². The molecule has 0 N–H and O–H groups in total. The summed E-state index contributed by atoms with van der Waals surface area (Å²) >= 11 is 1.79. The predicted octanol–water partition coefficient (Wildman–Crippen LogP) is 3.05. The standard InChI is InChI=1S/C17H21NO2S/c1-18-8-9-19-15(12-18)13-20-17-7-3-2-5-14(17)11-16-6-4-10-21-16/h2-7,10,15H,8-9,11-13H2,1H3. The number of ether oxygens (including phenoxy) is 2. The fourth-order valence-corrected chi connectivity index (χ4v) is 3.27. The molecule has 3 nitrogen and oxygen atoms in total. The Morgan fingerprint density at radius 2 is 2.19 bits per heavy atom. The van der Waals surface area contributed by atoms with Crippen molar-refractivity contribution >= 4 is 11.3 Å². The summed E-state index contributed by atoms with van der Waals surface area (Å²) in [7, 11) is 2.13. The molecule has 1 aliphatic rings. The van der Waals surface area contributed by atoms with Crippen LogP contribution in [0.5, 0.6) is 5.75 Å². The van der Waals surface area contributed by atoms with E-state index in [-0.39, 0.29) is 6.10 Å². The number of benzene rings is 1. The summed E-state index contributed by atoms with van der Waals surface area (Å²) in [4.78, 5) is 3.65. The largest absolute Gasteiger partial charge is 0.491 e. The maximum absolute atomic E-state index is 6.03. The fourth-order valence-electron chi connectivity index (χ4n) is 2.54. The van der Waals surface area contributed by atoms with Gasteiger partial charge in [-0.2, -0.15) is 0 Å². The van der Waals surface area contributed by atoms with Gasteiger partial charge >= 0.3 is 0 Å². The molecule has 1 aromatic carbocycles. The molecule has 1 aliphatic heterocycles. The van der Waals surface area contributed by atoms with Crippen molar-refractivity contribution in [2.45, 2.75) is 12.5 Å². The fraction of sp³-hybridized carbons (Fsp3) is 0.412. The van der Waals surface area contributed by atoms with Crippen LogP contribution in [0.1, 0.15) is 10.4 Å². The summed E-state index contributed by atoms with van der Waals surface area (Å²) in [5.41, 5.74) is 1.24. The number of morpholine rings is 1. The van der Waals surface area contributed by atoms with E-state index in [4.69, 9.17) is 9.47 Å². The number of nitrogens with zero attached hydrogens (tertiary/aromatic N) is 1. The Bertz CT molecular complexity index is 556. The van der Waals surface area contributed by atoms with Crippen LogP contribution in [0.2, 0.25) is 0 Å². The molecule has 1 aromatic heterocycles. The number of rotatable bonds is 5. The molecule has 1 fully saturated rings. The maximum Gasteiger partial charge on any atom is 0.122 e. The molecule has 0 aliphatic carbocycles. The van der Waals surface area contributed by atoms with Gasteiger partial charge in [0.05, 0.1) is 6.61 Å². The Kier molecular flexibility index (Phi) is 4.91. The molecule has 2 aromatic rings. The Balaban J connectivity index is 1.62. The minimum atomic E-state index is 0.165. The van der Waals surface area contributed by atoms with Crippen molar-refractivity contribution in [1.29, 1.82) is 0 Å². The van der Waals surface area contributed by atoms with Crippen molar-refractivity contribution in [2.24, 2.45) is 0 Å². The quantitative estimate of drug-likeness (QED) is 0.847. The van der Waals surface area contributed by atoms with E-state index in [1.165, 1.54) is 10.4 Å². The lowest BCUT2D eigenvalue weighted by Crippen LogP contribution is -2.42. The molecule has 0 bridgehead atoms. The third kappa shape index (κ3) is 4.06. The first-order valence-corrected chi connectivity index (χ1v) is 8.22. The van der Waals surface area contributed by atoms with Gasteiger partial charge < -0.3 is 14.4 Å². The van der Waals surface area contributed by atoms with Crippen LogP contribution in [0, 0.1) is 0 Å². The van der Waals surface area contributed by atoms with Crippen LogP contribution < -0.4 is 4.74 Å². The van der Waals surface area contributed by atoms with Crippen LogP contribution in [-0.2, 0) is 11.2 Å². The monoisotopic (exact) mass is 303 g/mol. The molecule has 1 unspecified atom stereocenters. The summed E-state index contributed by atoms with van der Waals surface area (Å²) in [6.07, 6.45) is 1.10. The van der Waals surface area contributed by atoms with Gasteiger partial charge in [-0.05, 0) is 30.1 Å². The molecule has 3 rings (SSSR count). The molecule has 4 heteroatoms. The molecule has 1 saturated heterocycles. The van der Waals surface area contributed by atoms with Gasteiger partial charge in [0.15, 0.2) is 0 Å². The highest BCUT2D eigenvalue weighted by molar-refractivity contribution is 7.09. The van der Waals surface area contributed by atoms with Crippen molar-refractivity contribution in [3.63, 3.8) is 0 Å². The number of likely N-dealkylation sites (N-methyl/N-ethyl adjacent to an activating group) is 1. The van der Waals surface area contributed by atoms with E-state index < -0.39 is 0 Å². The highest BCUT2D eigenvalue weighted by atomic mass is 32.1. The maximum atomic E-state index is 6.03. The zero-order valence-electron chi connectivity index (χ0n) is 12.3. The SMILES string of the molecule is CN1CCOC(COc2ccccc2Cc2cccs2)C1. The van der Waals surface area contributed by atoms with Crippen molar-refractivity contribution < 1.29 is 9.47 Å². The van der Waals surface area contributed by atoms with Crippen LogP contribution in [0.4, 0.5) is 0 Å². The van der Waals surface area contributed by atoms with Gasteiger partial charge in [-0.25, -0.2) is 0 Å². The molecule has 0 spiro atoms. The number of thiophene rings is 1. The average molecular weight is 303 g/mol. The average Bonchev–Trinajstić information content (AvgIpc) is 2.99. The Morgan fingerprint density at radius 1 is 1.29 bits per heavy atom.